The van der Waals surface area contributed by atoms with E-state index in [0.717, 1.165) is 0 Å². The minimum atomic E-state index is -0.234. The van der Waals surface area contributed by atoms with Gasteiger partial charge in [-0.2, -0.15) is 5.10 Å². The Morgan fingerprint density at radius 1 is 1.50 bits per heavy atom. The Morgan fingerprint density at radius 3 is 3.00 bits per heavy atom. The second kappa shape index (κ2) is 6.21. The normalized spacial score (nSPS) is 10.9. The number of nitrogens with zero attached hydrogens (tertiary/aromatic N) is 2. The number of nitrogens with one attached hydrogen (secondary N) is 2. The van der Waals surface area contributed by atoms with Crippen molar-refractivity contribution in [3.05, 3.63) is 50.9 Å². The van der Waals surface area contributed by atoms with Crippen molar-refractivity contribution < 1.29 is 5.11 Å². The Kier molecular flexibility index (Phi) is 4.37. The highest BCUT2D eigenvalue weighted by molar-refractivity contribution is 6.32. The van der Waals surface area contributed by atoms with Gasteiger partial charge in [-0.05, 0) is 30.2 Å². The zero-order valence-corrected chi connectivity index (χ0v) is 11.5. The number of aromatic hydroxyl groups is 1. The fourth-order valence-corrected chi connectivity index (χ4v) is 1.70. The second-order valence-electron chi connectivity index (χ2n) is 4.02. The largest absolute Gasteiger partial charge is 0.506 e. The van der Waals surface area contributed by atoms with Crippen molar-refractivity contribution in [2.75, 3.05) is 5.43 Å². The van der Waals surface area contributed by atoms with Gasteiger partial charge in [0.15, 0.2) is 0 Å². The van der Waals surface area contributed by atoms with E-state index in [0.29, 0.717) is 17.7 Å². The molecule has 104 valence electrons. The number of phenolic OH excluding ortho intramolecular Hbond substituents is 1. The molecule has 0 amide bonds. The predicted octanol–water partition coefficient (Wildman–Crippen LogP) is 2.14. The van der Waals surface area contributed by atoms with Crippen molar-refractivity contribution in [3.63, 3.8) is 0 Å². The predicted molar refractivity (Wildman–Crippen MR) is 78.6 cm³/mol. The minimum absolute atomic E-state index is 0.0124. The molecule has 0 radical (unpaired) electrons. The summed E-state index contributed by atoms with van der Waals surface area (Å²) in [6, 6.07) is 6.14. The fraction of sp³-hybridized carbons (Fsp3) is 0.154. The number of benzene rings is 1. The Balaban J connectivity index is 2.11. The number of rotatable bonds is 4. The van der Waals surface area contributed by atoms with Crippen LogP contribution in [0.5, 0.6) is 5.75 Å². The highest BCUT2D eigenvalue weighted by Crippen LogP contribution is 2.22. The molecule has 0 saturated carbocycles. The van der Waals surface area contributed by atoms with Gasteiger partial charge in [0.2, 0.25) is 5.95 Å². The molecule has 6 nitrogen and oxygen atoms in total. The number of hydrazone groups is 1. The Morgan fingerprint density at radius 2 is 2.30 bits per heavy atom. The molecule has 7 heteroatoms. The second-order valence-corrected chi connectivity index (χ2v) is 4.43. The third-order valence-corrected chi connectivity index (χ3v) is 2.82. The van der Waals surface area contributed by atoms with Crippen LogP contribution in [-0.2, 0) is 6.42 Å². The smallest absolute Gasteiger partial charge is 0.252 e. The minimum Gasteiger partial charge on any atom is -0.506 e. The van der Waals surface area contributed by atoms with E-state index < -0.39 is 0 Å². The molecule has 0 aliphatic rings. The van der Waals surface area contributed by atoms with E-state index in [9.17, 15) is 9.90 Å². The molecule has 3 N–H and O–H groups in total. The third kappa shape index (κ3) is 3.58. The molecular weight excluding hydrogens is 280 g/mol. The van der Waals surface area contributed by atoms with Crippen LogP contribution in [0.3, 0.4) is 0 Å². The van der Waals surface area contributed by atoms with Gasteiger partial charge in [0.1, 0.15) is 5.75 Å². The number of H-pyrrole nitrogens is 1. The van der Waals surface area contributed by atoms with Crippen molar-refractivity contribution >= 4 is 23.8 Å². The van der Waals surface area contributed by atoms with Gasteiger partial charge in [-0.1, -0.05) is 18.5 Å². The van der Waals surface area contributed by atoms with Crippen LogP contribution in [-0.4, -0.2) is 21.3 Å². The third-order valence-electron chi connectivity index (χ3n) is 2.51. The fourth-order valence-electron chi connectivity index (χ4n) is 1.51. The number of hydrogen-bond acceptors (Lipinski definition) is 5. The summed E-state index contributed by atoms with van der Waals surface area (Å²) in [5, 5.41) is 13.5. The van der Waals surface area contributed by atoms with Crippen molar-refractivity contribution in [1.29, 1.82) is 0 Å². The molecule has 2 rings (SSSR count). The summed E-state index contributed by atoms with van der Waals surface area (Å²) in [4.78, 5) is 18.1. The molecule has 20 heavy (non-hydrogen) atoms. The number of anilines is 1. The molecule has 0 unspecified atom stereocenters. The van der Waals surface area contributed by atoms with Gasteiger partial charge < -0.3 is 5.11 Å². The molecule has 0 saturated heterocycles. The topological polar surface area (TPSA) is 90.4 Å². The maximum atomic E-state index is 11.4. The SMILES string of the molecule is CCc1cc(=O)[nH]c(N/N=C\c2ccc(O)c(Cl)c2)n1. The van der Waals surface area contributed by atoms with Crippen molar-refractivity contribution in [3.8, 4) is 5.75 Å². The summed E-state index contributed by atoms with van der Waals surface area (Å²) in [6.07, 6.45) is 2.17. The first-order valence-corrected chi connectivity index (χ1v) is 6.34. The first-order chi connectivity index (χ1) is 9.58. The Hall–Kier alpha value is -2.34. The van der Waals surface area contributed by atoms with Crippen LogP contribution < -0.4 is 11.0 Å². The quantitative estimate of drug-likeness (QED) is 0.595. The van der Waals surface area contributed by atoms with Gasteiger partial charge in [0.05, 0.1) is 11.2 Å². The van der Waals surface area contributed by atoms with E-state index in [1.807, 2.05) is 6.92 Å². The lowest BCUT2D eigenvalue weighted by atomic mass is 10.2. The molecule has 0 spiro atoms. The first-order valence-electron chi connectivity index (χ1n) is 5.96. The summed E-state index contributed by atoms with van der Waals surface area (Å²) < 4.78 is 0. The highest BCUT2D eigenvalue weighted by atomic mass is 35.5. The molecule has 2 aromatic rings. The average molecular weight is 293 g/mol. The van der Waals surface area contributed by atoms with E-state index in [1.54, 1.807) is 12.1 Å². The van der Waals surface area contributed by atoms with Crippen LogP contribution in [0.25, 0.3) is 0 Å². The number of hydrogen-bond donors (Lipinski definition) is 3. The monoisotopic (exact) mass is 292 g/mol. The highest BCUT2D eigenvalue weighted by Gasteiger charge is 1.99. The van der Waals surface area contributed by atoms with E-state index in [2.05, 4.69) is 20.5 Å². The number of aryl methyl sites for hydroxylation is 1. The first kappa shape index (κ1) is 14.1. The maximum absolute atomic E-state index is 11.4. The lowest BCUT2D eigenvalue weighted by molar-refractivity contribution is 0.475. The van der Waals surface area contributed by atoms with Crippen molar-refractivity contribution in [1.82, 2.24) is 9.97 Å². The number of phenols is 1. The molecule has 0 bridgehead atoms. The molecular formula is C13H13ClN4O2. The standard InChI is InChI=1S/C13H13ClN4O2/c1-2-9-6-12(20)17-13(16-9)18-15-7-8-3-4-11(19)10(14)5-8/h3-7,19H,2H2,1H3,(H2,16,17,18,20)/b15-7-. The van der Waals surface area contributed by atoms with Crippen LogP contribution in [0, 0.1) is 0 Å². The summed E-state index contributed by atoms with van der Waals surface area (Å²) in [7, 11) is 0. The molecule has 0 aliphatic heterocycles. The summed E-state index contributed by atoms with van der Waals surface area (Å²) in [6.45, 7) is 1.91. The van der Waals surface area contributed by atoms with Gasteiger partial charge in [0, 0.05) is 11.8 Å². The van der Waals surface area contributed by atoms with Crippen LogP contribution >= 0.6 is 11.6 Å². The van der Waals surface area contributed by atoms with Crippen LogP contribution in [0.15, 0.2) is 34.2 Å². The van der Waals surface area contributed by atoms with Crippen LogP contribution in [0.1, 0.15) is 18.2 Å². The summed E-state index contributed by atoms with van der Waals surface area (Å²) >= 11 is 5.78. The van der Waals surface area contributed by atoms with Crippen molar-refractivity contribution in [2.24, 2.45) is 5.10 Å². The summed E-state index contributed by atoms with van der Waals surface area (Å²) in [5.74, 6) is 0.286. The number of aromatic nitrogens is 2. The molecule has 0 aliphatic carbocycles. The van der Waals surface area contributed by atoms with Crippen LogP contribution in [0.4, 0.5) is 5.95 Å². The lowest BCUT2D eigenvalue weighted by Gasteiger charge is -2.01. The molecule has 1 aromatic carbocycles. The van der Waals surface area contributed by atoms with Crippen LogP contribution in [0.2, 0.25) is 5.02 Å². The maximum Gasteiger partial charge on any atom is 0.252 e. The van der Waals surface area contributed by atoms with Gasteiger partial charge >= 0.3 is 0 Å². The summed E-state index contributed by atoms with van der Waals surface area (Å²) in [5.41, 5.74) is 3.79. The van der Waals surface area contributed by atoms with E-state index in [4.69, 9.17) is 11.6 Å². The zero-order valence-electron chi connectivity index (χ0n) is 10.7. The molecule has 0 fully saturated rings. The van der Waals surface area contributed by atoms with E-state index in [1.165, 1.54) is 18.3 Å². The molecule has 1 heterocycles. The van der Waals surface area contributed by atoms with E-state index in [-0.39, 0.29) is 22.3 Å². The number of aromatic amines is 1. The van der Waals surface area contributed by atoms with Gasteiger partial charge in [0.25, 0.3) is 5.56 Å². The van der Waals surface area contributed by atoms with Gasteiger partial charge in [-0.15, -0.1) is 0 Å². The average Bonchev–Trinajstić information content (AvgIpc) is 2.42. The Bertz CT molecular complexity index is 697. The lowest BCUT2D eigenvalue weighted by Crippen LogP contribution is -2.11. The Labute approximate surface area is 120 Å². The van der Waals surface area contributed by atoms with Crippen molar-refractivity contribution in [2.45, 2.75) is 13.3 Å². The van der Waals surface area contributed by atoms with Gasteiger partial charge in [-0.25, -0.2) is 10.4 Å². The van der Waals surface area contributed by atoms with Gasteiger partial charge in [-0.3, -0.25) is 9.78 Å². The molecule has 1 aromatic heterocycles. The van der Waals surface area contributed by atoms with E-state index >= 15 is 0 Å². The molecule has 0 atom stereocenters. The zero-order chi connectivity index (χ0) is 14.5. The number of halogens is 1.